The maximum atomic E-state index is 2.33. The smallest absolute Gasteiger partial charge is 0.00869 e. The molecule has 0 unspecified atom stereocenters. The van der Waals surface area contributed by atoms with E-state index in [-0.39, 0.29) is 0 Å². The van der Waals surface area contributed by atoms with Crippen LogP contribution in [0.5, 0.6) is 0 Å². The van der Waals surface area contributed by atoms with Gasteiger partial charge in [0.15, 0.2) is 0 Å². The summed E-state index contributed by atoms with van der Waals surface area (Å²) >= 11 is 0. The zero-order valence-corrected chi connectivity index (χ0v) is 8.64. The summed E-state index contributed by atoms with van der Waals surface area (Å²) in [5, 5.41) is 0. The van der Waals surface area contributed by atoms with Gasteiger partial charge in [0.25, 0.3) is 0 Å². The predicted molar refractivity (Wildman–Crippen MR) is 64.3 cm³/mol. The average Bonchev–Trinajstić information content (AvgIpc) is 3.01. The molecule has 0 aromatic heterocycles. The van der Waals surface area contributed by atoms with Gasteiger partial charge in [-0.2, -0.15) is 0 Å². The lowest BCUT2D eigenvalue weighted by atomic mass is 10.0. The Balaban J connectivity index is 2.01. The van der Waals surface area contributed by atoms with E-state index < -0.39 is 0 Å². The molecule has 3 rings (SSSR count). The second kappa shape index (κ2) is 3.54. The maximum Gasteiger partial charge on any atom is -0.00869 e. The van der Waals surface area contributed by atoms with Crippen molar-refractivity contribution in [3.63, 3.8) is 0 Å². The van der Waals surface area contributed by atoms with Crippen molar-refractivity contribution in [2.45, 2.75) is 6.42 Å². The fourth-order valence-electron chi connectivity index (χ4n) is 2.28. The van der Waals surface area contributed by atoms with Crippen LogP contribution in [0.2, 0.25) is 0 Å². The van der Waals surface area contributed by atoms with Crippen LogP contribution in [0.1, 0.15) is 6.42 Å². The first kappa shape index (κ1) is 8.72. The molecule has 3 aliphatic carbocycles. The number of fused-ring (bicyclic) bond motifs is 1. The molecule has 0 N–H and O–H groups in total. The van der Waals surface area contributed by atoms with E-state index in [4.69, 9.17) is 0 Å². The Bertz CT molecular complexity index is 421. The summed E-state index contributed by atoms with van der Waals surface area (Å²) in [7, 11) is 0. The minimum absolute atomic E-state index is 0.766. The molecule has 0 spiro atoms. The van der Waals surface area contributed by atoms with Gasteiger partial charge in [-0.1, -0.05) is 60.8 Å². The van der Waals surface area contributed by atoms with Crippen LogP contribution in [0.3, 0.4) is 0 Å². The van der Waals surface area contributed by atoms with E-state index in [1.54, 1.807) is 0 Å². The largest absolute Gasteiger partial charge is 0.0808 e. The van der Waals surface area contributed by atoms with Crippen molar-refractivity contribution >= 4 is 0 Å². The quantitative estimate of drug-likeness (QED) is 0.551. The van der Waals surface area contributed by atoms with Crippen molar-refractivity contribution in [2.75, 3.05) is 0 Å². The van der Waals surface area contributed by atoms with Crippen LogP contribution in [0, 0.1) is 11.8 Å². The summed E-state index contributed by atoms with van der Waals surface area (Å²) in [5.41, 5.74) is 2.87. The van der Waals surface area contributed by atoms with Gasteiger partial charge in [0.05, 0.1) is 0 Å². The maximum absolute atomic E-state index is 2.33. The lowest BCUT2D eigenvalue weighted by molar-refractivity contribution is 0.952. The fraction of sp³-hybridized carbons (Fsp3) is 0.200. The molecule has 0 radical (unpaired) electrons. The first-order valence-corrected chi connectivity index (χ1v) is 5.55. The van der Waals surface area contributed by atoms with Crippen molar-refractivity contribution in [3.8, 4) is 0 Å². The molecule has 0 aliphatic heterocycles. The summed E-state index contributed by atoms with van der Waals surface area (Å²) in [5.74, 6) is 1.56. The van der Waals surface area contributed by atoms with Crippen LogP contribution in [-0.2, 0) is 0 Å². The van der Waals surface area contributed by atoms with Crippen LogP contribution in [-0.4, -0.2) is 0 Å². The van der Waals surface area contributed by atoms with E-state index in [0.29, 0.717) is 0 Å². The molecule has 2 atom stereocenters. The highest BCUT2D eigenvalue weighted by Gasteiger charge is 2.38. The van der Waals surface area contributed by atoms with Gasteiger partial charge in [-0.15, -0.1) is 0 Å². The second-order valence-corrected chi connectivity index (χ2v) is 4.26. The molecule has 3 aliphatic rings. The topological polar surface area (TPSA) is 0 Å². The van der Waals surface area contributed by atoms with Crippen molar-refractivity contribution in [2.24, 2.45) is 11.8 Å². The lowest BCUT2D eigenvalue weighted by Gasteiger charge is -2.03. The number of hydrogen-bond acceptors (Lipinski definition) is 0. The molecule has 1 saturated carbocycles. The van der Waals surface area contributed by atoms with Crippen LogP contribution >= 0.6 is 0 Å². The summed E-state index contributed by atoms with van der Waals surface area (Å²) in [6.07, 6.45) is 23.1. The third-order valence-electron chi connectivity index (χ3n) is 3.20. The first-order chi connectivity index (χ1) is 7.45. The SMILES string of the molecule is C1=CC=CC(=C2C=CC=C[C@H]3C[C@@H]23)C=C1. The third kappa shape index (κ3) is 1.68. The molecule has 0 saturated heterocycles. The summed E-state index contributed by atoms with van der Waals surface area (Å²) < 4.78 is 0. The highest BCUT2D eigenvalue weighted by molar-refractivity contribution is 5.49. The Kier molecular flexibility index (Phi) is 2.06. The van der Waals surface area contributed by atoms with Crippen molar-refractivity contribution in [1.82, 2.24) is 0 Å². The molecule has 74 valence electrons. The van der Waals surface area contributed by atoms with Crippen LogP contribution in [0.25, 0.3) is 0 Å². The summed E-state index contributed by atoms with van der Waals surface area (Å²) in [4.78, 5) is 0. The first-order valence-electron chi connectivity index (χ1n) is 5.55. The molecular weight excluding hydrogens is 180 g/mol. The van der Waals surface area contributed by atoms with E-state index in [1.807, 2.05) is 0 Å². The lowest BCUT2D eigenvalue weighted by Crippen LogP contribution is -1.88. The fourth-order valence-corrected chi connectivity index (χ4v) is 2.28. The highest BCUT2D eigenvalue weighted by atomic mass is 14.4. The standard InChI is InChI=1S/C15H14/c1-2-4-8-12(7-3-1)14-10-6-5-9-13-11-15(13)14/h1-10,13,15H,11H2/t13-,15+/m0/s1. The average molecular weight is 194 g/mol. The van der Waals surface area contributed by atoms with Gasteiger partial charge < -0.3 is 0 Å². The van der Waals surface area contributed by atoms with Crippen LogP contribution < -0.4 is 0 Å². The van der Waals surface area contributed by atoms with Crippen molar-refractivity contribution in [3.05, 3.63) is 71.9 Å². The zero-order valence-electron chi connectivity index (χ0n) is 8.64. The third-order valence-corrected chi connectivity index (χ3v) is 3.20. The summed E-state index contributed by atoms with van der Waals surface area (Å²) in [6, 6.07) is 0. The Morgan fingerprint density at radius 3 is 2.33 bits per heavy atom. The number of rotatable bonds is 0. The van der Waals surface area contributed by atoms with Crippen molar-refractivity contribution in [1.29, 1.82) is 0 Å². The molecule has 0 heteroatoms. The molecule has 15 heavy (non-hydrogen) atoms. The Morgan fingerprint density at radius 2 is 1.53 bits per heavy atom. The highest BCUT2D eigenvalue weighted by Crippen LogP contribution is 2.48. The molecule has 0 aromatic carbocycles. The Morgan fingerprint density at radius 1 is 0.800 bits per heavy atom. The van der Waals surface area contributed by atoms with Crippen molar-refractivity contribution < 1.29 is 0 Å². The van der Waals surface area contributed by atoms with E-state index in [9.17, 15) is 0 Å². The molecule has 0 bridgehead atoms. The molecule has 1 fully saturated rings. The molecule has 0 aromatic rings. The van der Waals surface area contributed by atoms with Gasteiger partial charge in [-0.3, -0.25) is 0 Å². The molecular formula is C15H14. The molecule has 0 amide bonds. The van der Waals surface area contributed by atoms with E-state index in [2.05, 4.69) is 60.8 Å². The molecule has 0 nitrogen and oxygen atoms in total. The van der Waals surface area contributed by atoms with Gasteiger partial charge in [-0.05, 0) is 29.4 Å². The van der Waals surface area contributed by atoms with Gasteiger partial charge in [0.1, 0.15) is 0 Å². The Labute approximate surface area is 90.7 Å². The van der Waals surface area contributed by atoms with Gasteiger partial charge >= 0.3 is 0 Å². The zero-order chi connectivity index (χ0) is 10.1. The van der Waals surface area contributed by atoms with E-state index in [1.165, 1.54) is 17.6 Å². The van der Waals surface area contributed by atoms with Crippen LogP contribution in [0.15, 0.2) is 71.9 Å². The predicted octanol–water partition coefficient (Wildman–Crippen LogP) is 3.73. The van der Waals surface area contributed by atoms with Crippen LogP contribution in [0.4, 0.5) is 0 Å². The molecule has 0 heterocycles. The summed E-state index contributed by atoms with van der Waals surface area (Å²) in [6.45, 7) is 0. The monoisotopic (exact) mass is 194 g/mol. The number of allylic oxidation sites excluding steroid dienone is 12. The van der Waals surface area contributed by atoms with Gasteiger partial charge in [0, 0.05) is 0 Å². The van der Waals surface area contributed by atoms with E-state index >= 15 is 0 Å². The van der Waals surface area contributed by atoms with Gasteiger partial charge in [-0.25, -0.2) is 0 Å². The minimum atomic E-state index is 0.766. The number of hydrogen-bond donors (Lipinski definition) is 0. The van der Waals surface area contributed by atoms with E-state index in [0.717, 1.165) is 11.8 Å². The minimum Gasteiger partial charge on any atom is -0.0808 e. The normalized spacial score (nSPS) is 31.5. The second-order valence-electron chi connectivity index (χ2n) is 4.26. The van der Waals surface area contributed by atoms with Gasteiger partial charge in [0.2, 0.25) is 0 Å². The Hall–Kier alpha value is -1.56.